The highest BCUT2D eigenvalue weighted by atomic mass is 19.3. The highest BCUT2D eigenvalue weighted by Gasteiger charge is 2.15. The number of rotatable bonds is 8. The number of carbonyl (C=O) groups is 1. The third kappa shape index (κ3) is 5.10. The van der Waals surface area contributed by atoms with Gasteiger partial charge in [0, 0.05) is 11.6 Å². The van der Waals surface area contributed by atoms with Gasteiger partial charge in [-0.3, -0.25) is 4.79 Å². The van der Waals surface area contributed by atoms with Gasteiger partial charge in [-0.15, -0.1) is 0 Å². The summed E-state index contributed by atoms with van der Waals surface area (Å²) in [5.41, 5.74) is 2.54. The highest BCUT2D eigenvalue weighted by Crippen LogP contribution is 2.29. The number of hydrogen-bond donors (Lipinski definition) is 1. The molecule has 0 saturated carbocycles. The first-order valence-corrected chi connectivity index (χ1v) is 9.04. The van der Waals surface area contributed by atoms with Crippen molar-refractivity contribution in [2.75, 3.05) is 12.4 Å². The predicted octanol–water partition coefficient (Wildman–Crippen LogP) is 4.36. The predicted molar refractivity (Wildman–Crippen MR) is 105 cm³/mol. The minimum absolute atomic E-state index is 0.0440. The number of halogens is 2. The van der Waals surface area contributed by atoms with Crippen molar-refractivity contribution in [2.24, 2.45) is 0 Å². The van der Waals surface area contributed by atoms with E-state index < -0.39 is 12.5 Å². The van der Waals surface area contributed by atoms with Crippen molar-refractivity contribution in [3.05, 3.63) is 71.4 Å². The number of nitrogens with zero attached hydrogens (tertiary/aromatic N) is 2. The van der Waals surface area contributed by atoms with Crippen LogP contribution < -0.4 is 14.8 Å². The molecule has 3 aromatic rings. The third-order valence-corrected chi connectivity index (χ3v) is 4.36. The lowest BCUT2D eigenvalue weighted by atomic mass is 10.1. The Hall–Kier alpha value is -3.42. The molecule has 1 heterocycles. The molecule has 152 valence electrons. The van der Waals surface area contributed by atoms with Crippen LogP contribution in [0.4, 0.5) is 14.6 Å². The lowest BCUT2D eigenvalue weighted by Gasteiger charge is -2.12. The van der Waals surface area contributed by atoms with Gasteiger partial charge in [0.2, 0.25) is 0 Å². The first-order chi connectivity index (χ1) is 14.0. The first kappa shape index (κ1) is 20.3. The second kappa shape index (κ2) is 9.18. The summed E-state index contributed by atoms with van der Waals surface area (Å²) in [6.07, 6.45) is 2.56. The molecule has 0 aliphatic rings. The topological polar surface area (TPSA) is 65.4 Å². The van der Waals surface area contributed by atoms with Gasteiger partial charge < -0.3 is 14.8 Å². The van der Waals surface area contributed by atoms with Crippen molar-refractivity contribution < 1.29 is 23.0 Å². The summed E-state index contributed by atoms with van der Waals surface area (Å²) in [5, 5.41) is 7.03. The van der Waals surface area contributed by atoms with E-state index >= 15 is 0 Å². The molecule has 0 bridgehead atoms. The van der Waals surface area contributed by atoms with Crippen LogP contribution in [0.5, 0.6) is 11.5 Å². The van der Waals surface area contributed by atoms with E-state index in [1.165, 1.54) is 30.9 Å². The molecular formula is C21H21F2N3O3. The van der Waals surface area contributed by atoms with Crippen molar-refractivity contribution in [3.8, 4) is 11.5 Å². The number of anilines is 1. The fourth-order valence-corrected chi connectivity index (χ4v) is 2.81. The van der Waals surface area contributed by atoms with E-state index in [-0.39, 0.29) is 17.1 Å². The van der Waals surface area contributed by atoms with Crippen molar-refractivity contribution in [1.82, 2.24) is 9.78 Å². The second-order valence-electron chi connectivity index (χ2n) is 6.24. The molecule has 29 heavy (non-hydrogen) atoms. The van der Waals surface area contributed by atoms with Crippen LogP contribution >= 0.6 is 0 Å². The molecule has 2 aromatic carbocycles. The molecule has 0 radical (unpaired) electrons. The summed E-state index contributed by atoms with van der Waals surface area (Å²) in [7, 11) is 1.31. The monoisotopic (exact) mass is 401 g/mol. The van der Waals surface area contributed by atoms with Gasteiger partial charge in [0.05, 0.1) is 19.9 Å². The fraction of sp³-hybridized carbons (Fsp3) is 0.238. The molecule has 0 fully saturated rings. The minimum Gasteiger partial charge on any atom is -0.493 e. The van der Waals surface area contributed by atoms with E-state index in [1.54, 1.807) is 16.9 Å². The maximum atomic E-state index is 12.6. The Bertz CT molecular complexity index is 972. The molecule has 1 N–H and O–H groups in total. The van der Waals surface area contributed by atoms with Gasteiger partial charge in [-0.1, -0.05) is 31.2 Å². The Morgan fingerprint density at radius 3 is 2.48 bits per heavy atom. The van der Waals surface area contributed by atoms with Gasteiger partial charge in [-0.25, -0.2) is 4.68 Å². The number of ether oxygens (including phenoxy) is 2. The van der Waals surface area contributed by atoms with Crippen LogP contribution in [0.15, 0.2) is 54.7 Å². The summed E-state index contributed by atoms with van der Waals surface area (Å²) in [4.78, 5) is 12.6. The standard InChI is InChI=1S/C21H21F2N3O3/c1-3-14-4-6-15(7-5-14)13-26-19(10-11-24-26)25-20(27)16-8-9-17(29-21(22)23)18(12-16)28-2/h4-12,21H,3,13H2,1-2H3,(H,25,27). The molecule has 0 atom stereocenters. The van der Waals surface area contributed by atoms with Gasteiger partial charge in [0.15, 0.2) is 11.5 Å². The van der Waals surface area contributed by atoms with Crippen molar-refractivity contribution in [3.63, 3.8) is 0 Å². The zero-order valence-electron chi connectivity index (χ0n) is 16.1. The minimum atomic E-state index is -2.98. The average molecular weight is 401 g/mol. The highest BCUT2D eigenvalue weighted by molar-refractivity contribution is 6.04. The van der Waals surface area contributed by atoms with Gasteiger partial charge in [-0.05, 0) is 35.7 Å². The molecular weight excluding hydrogens is 380 g/mol. The number of amides is 1. The number of nitrogens with one attached hydrogen (secondary N) is 1. The Labute approximate surface area is 167 Å². The smallest absolute Gasteiger partial charge is 0.387 e. The first-order valence-electron chi connectivity index (χ1n) is 9.04. The van der Waals surface area contributed by atoms with E-state index in [4.69, 9.17) is 4.74 Å². The summed E-state index contributed by atoms with van der Waals surface area (Å²) < 4.78 is 36.0. The summed E-state index contributed by atoms with van der Waals surface area (Å²) in [6, 6.07) is 13.9. The summed E-state index contributed by atoms with van der Waals surface area (Å²) in [5.74, 6) is -0.00138. The van der Waals surface area contributed by atoms with E-state index in [0.717, 1.165) is 12.0 Å². The molecule has 0 aliphatic heterocycles. The number of carbonyl (C=O) groups excluding carboxylic acids is 1. The largest absolute Gasteiger partial charge is 0.493 e. The number of methoxy groups -OCH3 is 1. The van der Waals surface area contributed by atoms with E-state index in [0.29, 0.717) is 12.4 Å². The normalized spacial score (nSPS) is 10.8. The lowest BCUT2D eigenvalue weighted by Crippen LogP contribution is -2.16. The number of aromatic nitrogens is 2. The molecule has 0 aliphatic carbocycles. The number of alkyl halides is 2. The molecule has 8 heteroatoms. The molecule has 6 nitrogen and oxygen atoms in total. The molecule has 3 rings (SSSR count). The lowest BCUT2D eigenvalue weighted by molar-refractivity contribution is -0.0512. The van der Waals surface area contributed by atoms with Gasteiger partial charge in [-0.2, -0.15) is 13.9 Å². The quantitative estimate of drug-likeness (QED) is 0.609. The Morgan fingerprint density at radius 1 is 1.10 bits per heavy atom. The zero-order chi connectivity index (χ0) is 20.8. The van der Waals surface area contributed by atoms with Crippen molar-refractivity contribution in [1.29, 1.82) is 0 Å². The zero-order valence-corrected chi connectivity index (χ0v) is 16.1. The summed E-state index contributed by atoms with van der Waals surface area (Å²) in [6.45, 7) is -0.390. The Morgan fingerprint density at radius 2 is 1.83 bits per heavy atom. The van der Waals surface area contributed by atoms with Crippen LogP contribution in [0.25, 0.3) is 0 Å². The maximum absolute atomic E-state index is 12.6. The third-order valence-electron chi connectivity index (χ3n) is 4.36. The maximum Gasteiger partial charge on any atom is 0.387 e. The van der Waals surface area contributed by atoms with Crippen LogP contribution in [0.3, 0.4) is 0 Å². The van der Waals surface area contributed by atoms with Crippen molar-refractivity contribution in [2.45, 2.75) is 26.5 Å². The van der Waals surface area contributed by atoms with Crippen LogP contribution in [0.1, 0.15) is 28.4 Å². The van der Waals surface area contributed by atoms with Crippen LogP contribution in [0, 0.1) is 0 Å². The van der Waals surface area contributed by atoms with Crippen molar-refractivity contribution >= 4 is 11.7 Å². The molecule has 0 spiro atoms. The second-order valence-corrected chi connectivity index (χ2v) is 6.24. The van der Waals surface area contributed by atoms with E-state index in [2.05, 4.69) is 34.2 Å². The molecule has 0 unspecified atom stereocenters. The SMILES string of the molecule is CCc1ccc(Cn2nccc2NC(=O)c2ccc(OC(F)F)c(OC)c2)cc1. The van der Waals surface area contributed by atoms with Gasteiger partial charge >= 0.3 is 6.61 Å². The molecule has 0 saturated heterocycles. The van der Waals surface area contributed by atoms with E-state index in [1.807, 2.05) is 12.1 Å². The van der Waals surface area contributed by atoms with Crippen LogP contribution in [-0.4, -0.2) is 29.4 Å². The Kier molecular flexibility index (Phi) is 6.43. The summed E-state index contributed by atoms with van der Waals surface area (Å²) >= 11 is 0. The number of hydrogen-bond acceptors (Lipinski definition) is 4. The van der Waals surface area contributed by atoms with Gasteiger partial charge in [0.1, 0.15) is 5.82 Å². The van der Waals surface area contributed by atoms with Gasteiger partial charge in [0.25, 0.3) is 5.91 Å². The van der Waals surface area contributed by atoms with E-state index in [9.17, 15) is 13.6 Å². The number of aryl methyl sites for hydroxylation is 1. The fourth-order valence-electron chi connectivity index (χ4n) is 2.81. The number of benzene rings is 2. The van der Waals surface area contributed by atoms with Crippen LogP contribution in [-0.2, 0) is 13.0 Å². The molecule has 1 amide bonds. The Balaban J connectivity index is 1.73. The molecule has 1 aromatic heterocycles. The average Bonchev–Trinajstić information content (AvgIpc) is 3.14. The van der Waals surface area contributed by atoms with Crippen LogP contribution in [0.2, 0.25) is 0 Å².